The van der Waals surface area contributed by atoms with Crippen LogP contribution < -0.4 is 11.1 Å². The van der Waals surface area contributed by atoms with E-state index >= 15 is 0 Å². The van der Waals surface area contributed by atoms with E-state index in [1.54, 1.807) is 0 Å². The van der Waals surface area contributed by atoms with Gasteiger partial charge < -0.3 is 11.1 Å². The van der Waals surface area contributed by atoms with Crippen molar-refractivity contribution in [2.24, 2.45) is 17.6 Å². The molecular weight excluding hydrogens is 234 g/mol. The van der Waals surface area contributed by atoms with E-state index in [0.29, 0.717) is 12.5 Å². The normalized spacial score (nSPS) is 19.3. The first-order valence-electron chi connectivity index (χ1n) is 6.43. The number of amides is 1. The fourth-order valence-corrected chi connectivity index (χ4v) is 2.95. The summed E-state index contributed by atoms with van der Waals surface area (Å²) in [5.41, 5.74) is 5.62. The Labute approximate surface area is 109 Å². The number of hydrogen-bond acceptors (Lipinski definition) is 4. The van der Waals surface area contributed by atoms with Crippen molar-refractivity contribution < 1.29 is 4.79 Å². The number of nitrogens with two attached hydrogens (primary N) is 1. The van der Waals surface area contributed by atoms with Crippen LogP contribution in [0.2, 0.25) is 0 Å². The monoisotopic (exact) mass is 259 g/mol. The molecule has 0 spiro atoms. The van der Waals surface area contributed by atoms with Crippen LogP contribution in [-0.4, -0.2) is 55.0 Å². The van der Waals surface area contributed by atoms with Crippen molar-refractivity contribution in [3.05, 3.63) is 0 Å². The second kappa shape index (κ2) is 7.95. The van der Waals surface area contributed by atoms with E-state index in [4.69, 9.17) is 5.73 Å². The Morgan fingerprint density at radius 2 is 2.06 bits per heavy atom. The zero-order valence-electron chi connectivity index (χ0n) is 10.9. The van der Waals surface area contributed by atoms with Gasteiger partial charge in [0.05, 0.1) is 5.92 Å². The van der Waals surface area contributed by atoms with Crippen LogP contribution in [0.5, 0.6) is 0 Å². The molecule has 1 atom stereocenters. The number of carbonyl (C=O) groups excluding carboxylic acids is 1. The van der Waals surface area contributed by atoms with Crippen molar-refractivity contribution >= 4 is 17.7 Å². The molecule has 1 fully saturated rings. The molecule has 0 aromatic rings. The minimum Gasteiger partial charge on any atom is -0.355 e. The minimum atomic E-state index is -0.0492. The van der Waals surface area contributed by atoms with E-state index in [1.807, 2.05) is 25.6 Å². The van der Waals surface area contributed by atoms with Crippen molar-refractivity contribution in [3.8, 4) is 0 Å². The van der Waals surface area contributed by atoms with Gasteiger partial charge in [-0.2, -0.15) is 11.8 Å². The summed E-state index contributed by atoms with van der Waals surface area (Å²) < 4.78 is 0. The van der Waals surface area contributed by atoms with Crippen molar-refractivity contribution in [1.29, 1.82) is 0 Å². The molecule has 1 rings (SSSR count). The molecule has 1 saturated heterocycles. The molecule has 0 aromatic carbocycles. The van der Waals surface area contributed by atoms with Crippen molar-refractivity contribution in [1.82, 2.24) is 10.2 Å². The molecule has 0 aliphatic carbocycles. The maximum atomic E-state index is 11.8. The first-order valence-corrected chi connectivity index (χ1v) is 7.58. The van der Waals surface area contributed by atoms with Gasteiger partial charge in [0.15, 0.2) is 0 Å². The highest BCUT2D eigenvalue weighted by Crippen LogP contribution is 2.09. The van der Waals surface area contributed by atoms with E-state index in [1.165, 1.54) is 11.5 Å². The second-order valence-electron chi connectivity index (χ2n) is 4.83. The summed E-state index contributed by atoms with van der Waals surface area (Å²) in [7, 11) is 0. The lowest BCUT2D eigenvalue weighted by atomic mass is 9.95. The summed E-state index contributed by atoms with van der Waals surface area (Å²) in [4.78, 5) is 14.3. The minimum absolute atomic E-state index is 0.0492. The lowest BCUT2D eigenvalue weighted by Gasteiger charge is -2.26. The summed E-state index contributed by atoms with van der Waals surface area (Å²) in [6.45, 7) is 8.51. The van der Waals surface area contributed by atoms with Gasteiger partial charge >= 0.3 is 0 Å². The molecule has 3 N–H and O–H groups in total. The molecule has 0 saturated carbocycles. The van der Waals surface area contributed by atoms with Gasteiger partial charge in [-0.15, -0.1) is 0 Å². The number of hydrogen-bond donors (Lipinski definition) is 2. The third-order valence-corrected chi connectivity index (χ3v) is 4.17. The summed E-state index contributed by atoms with van der Waals surface area (Å²) in [5.74, 6) is 2.80. The fraction of sp³-hybridized carbons (Fsp3) is 0.917. The lowest BCUT2D eigenvalue weighted by molar-refractivity contribution is -0.126. The highest BCUT2D eigenvalue weighted by atomic mass is 32.2. The fourth-order valence-electron chi connectivity index (χ4n) is 1.98. The number of rotatable bonds is 6. The maximum Gasteiger partial charge on any atom is 0.224 e. The van der Waals surface area contributed by atoms with Gasteiger partial charge in [0, 0.05) is 44.2 Å². The SMILES string of the molecule is CC(C)C(CN)C(=O)NCCN1CCSCC1. The van der Waals surface area contributed by atoms with Gasteiger partial charge in [0.25, 0.3) is 0 Å². The Morgan fingerprint density at radius 1 is 1.41 bits per heavy atom. The number of nitrogens with zero attached hydrogens (tertiary/aromatic N) is 1. The van der Waals surface area contributed by atoms with Crippen molar-refractivity contribution in [2.75, 3.05) is 44.2 Å². The van der Waals surface area contributed by atoms with E-state index in [-0.39, 0.29) is 11.8 Å². The third kappa shape index (κ3) is 5.27. The van der Waals surface area contributed by atoms with Gasteiger partial charge in [-0.25, -0.2) is 0 Å². The smallest absolute Gasteiger partial charge is 0.224 e. The molecule has 5 heteroatoms. The summed E-state index contributed by atoms with van der Waals surface area (Å²) >= 11 is 2.01. The van der Waals surface area contributed by atoms with Gasteiger partial charge in [0.1, 0.15) is 0 Å². The van der Waals surface area contributed by atoms with Gasteiger partial charge in [-0.3, -0.25) is 9.69 Å². The predicted octanol–water partition coefficient (Wildman–Crippen LogP) is 0.382. The largest absolute Gasteiger partial charge is 0.355 e. The van der Waals surface area contributed by atoms with Crippen LogP contribution in [0.4, 0.5) is 0 Å². The molecule has 1 unspecified atom stereocenters. The first-order chi connectivity index (χ1) is 8.15. The zero-order chi connectivity index (χ0) is 12.7. The summed E-state index contributed by atoms with van der Waals surface area (Å²) in [6.07, 6.45) is 0. The molecule has 0 bridgehead atoms. The van der Waals surface area contributed by atoms with Crippen LogP contribution in [-0.2, 0) is 4.79 Å². The topological polar surface area (TPSA) is 58.4 Å². The predicted molar refractivity (Wildman–Crippen MR) is 74.2 cm³/mol. The standard InChI is InChI=1S/C12H25N3OS/c1-10(2)11(9-13)12(16)14-3-4-15-5-7-17-8-6-15/h10-11H,3-9,13H2,1-2H3,(H,14,16). The number of carbonyl (C=O) groups is 1. The Kier molecular flexibility index (Phi) is 6.92. The molecule has 1 amide bonds. The summed E-state index contributed by atoms with van der Waals surface area (Å²) in [6, 6.07) is 0. The first kappa shape index (κ1) is 14.8. The Balaban J connectivity index is 2.18. The second-order valence-corrected chi connectivity index (χ2v) is 6.06. The Morgan fingerprint density at radius 3 is 2.59 bits per heavy atom. The molecule has 1 aliphatic heterocycles. The van der Waals surface area contributed by atoms with Crippen LogP contribution in [0, 0.1) is 11.8 Å². The number of thioether (sulfide) groups is 1. The summed E-state index contributed by atoms with van der Waals surface area (Å²) in [5, 5.41) is 2.99. The van der Waals surface area contributed by atoms with Crippen LogP contribution in [0.1, 0.15) is 13.8 Å². The van der Waals surface area contributed by atoms with Gasteiger partial charge in [0.2, 0.25) is 5.91 Å². The van der Waals surface area contributed by atoms with Crippen LogP contribution in [0.25, 0.3) is 0 Å². The maximum absolute atomic E-state index is 11.8. The van der Waals surface area contributed by atoms with E-state index < -0.39 is 0 Å². The average molecular weight is 259 g/mol. The third-order valence-electron chi connectivity index (χ3n) is 3.23. The molecule has 17 heavy (non-hydrogen) atoms. The average Bonchev–Trinajstić information content (AvgIpc) is 2.30. The highest BCUT2D eigenvalue weighted by molar-refractivity contribution is 7.99. The van der Waals surface area contributed by atoms with Crippen molar-refractivity contribution in [3.63, 3.8) is 0 Å². The van der Waals surface area contributed by atoms with Crippen LogP contribution >= 0.6 is 11.8 Å². The molecular formula is C12H25N3OS. The Hall–Kier alpha value is -0.260. The molecule has 0 radical (unpaired) electrons. The van der Waals surface area contributed by atoms with Crippen LogP contribution in [0.3, 0.4) is 0 Å². The molecule has 1 aliphatic rings. The van der Waals surface area contributed by atoms with Gasteiger partial charge in [-0.1, -0.05) is 13.8 Å². The molecule has 4 nitrogen and oxygen atoms in total. The highest BCUT2D eigenvalue weighted by Gasteiger charge is 2.20. The quantitative estimate of drug-likeness (QED) is 0.724. The van der Waals surface area contributed by atoms with Gasteiger partial charge in [-0.05, 0) is 5.92 Å². The molecule has 0 aromatic heterocycles. The van der Waals surface area contributed by atoms with E-state index in [9.17, 15) is 4.79 Å². The number of nitrogens with one attached hydrogen (secondary N) is 1. The van der Waals surface area contributed by atoms with Crippen LogP contribution in [0.15, 0.2) is 0 Å². The van der Waals surface area contributed by atoms with E-state index in [2.05, 4.69) is 10.2 Å². The zero-order valence-corrected chi connectivity index (χ0v) is 11.8. The molecule has 100 valence electrons. The Bertz CT molecular complexity index is 230. The van der Waals surface area contributed by atoms with E-state index in [0.717, 1.165) is 26.2 Å². The van der Waals surface area contributed by atoms with Crippen molar-refractivity contribution in [2.45, 2.75) is 13.8 Å². The molecule has 1 heterocycles. The lowest BCUT2D eigenvalue weighted by Crippen LogP contribution is -2.43.